The number of halogens is 2. The average Bonchev–Trinajstić information content (AvgIpc) is 2.96. The number of benzene rings is 2. The lowest BCUT2D eigenvalue weighted by molar-refractivity contribution is -0.293. The van der Waals surface area contributed by atoms with E-state index < -0.39 is 48.9 Å². The molecule has 0 saturated carbocycles. The molecule has 1 heterocycles. The molecule has 0 amide bonds. The molecule has 1 aliphatic rings. The molecule has 1 fully saturated rings. The number of carbonyl (C=O) groups is 3. The van der Waals surface area contributed by atoms with Crippen molar-refractivity contribution in [2.24, 2.45) is 0 Å². The summed E-state index contributed by atoms with van der Waals surface area (Å²) in [5.74, 6) is -1.11. The van der Waals surface area contributed by atoms with Crippen molar-refractivity contribution in [1.29, 1.82) is 0 Å². The lowest BCUT2D eigenvalue weighted by atomic mass is 9.99. The van der Waals surface area contributed by atoms with Gasteiger partial charge in [-0.25, -0.2) is 4.79 Å². The smallest absolute Gasteiger partial charge is 0.339 e. The quantitative estimate of drug-likeness (QED) is 0.263. The van der Waals surface area contributed by atoms with E-state index in [0.717, 1.165) is 11.1 Å². The van der Waals surface area contributed by atoms with Gasteiger partial charge in [0.25, 0.3) is 0 Å². The molecule has 0 bridgehead atoms. The number of aliphatic hydroxyl groups excluding tert-OH is 3. The first-order chi connectivity index (χ1) is 21.1. The van der Waals surface area contributed by atoms with E-state index in [9.17, 15) is 29.7 Å². The molecule has 2 aromatic carbocycles. The first kappa shape index (κ1) is 36.7. The van der Waals surface area contributed by atoms with Gasteiger partial charge in [0, 0.05) is 26.4 Å². The van der Waals surface area contributed by atoms with E-state index >= 15 is 0 Å². The van der Waals surface area contributed by atoms with E-state index in [4.69, 9.17) is 46.9 Å². The minimum absolute atomic E-state index is 0.00679. The van der Waals surface area contributed by atoms with Gasteiger partial charge < -0.3 is 39.0 Å². The van der Waals surface area contributed by atoms with Crippen molar-refractivity contribution >= 4 is 40.9 Å². The summed E-state index contributed by atoms with van der Waals surface area (Å²) in [5, 5.41) is 30.2. The maximum atomic E-state index is 13.1. The van der Waals surface area contributed by atoms with E-state index in [1.165, 1.54) is 13.2 Å². The van der Waals surface area contributed by atoms with Crippen molar-refractivity contribution in [2.75, 3.05) is 13.7 Å². The van der Waals surface area contributed by atoms with E-state index in [2.05, 4.69) is 0 Å². The Hall–Kier alpha value is -2.77. The topological polar surface area (TPSA) is 158 Å². The largest absolute Gasteiger partial charge is 0.486 e. The Morgan fingerprint density at radius 3 is 2.36 bits per heavy atom. The molecule has 3 rings (SSSR count). The van der Waals surface area contributed by atoms with E-state index in [-0.39, 0.29) is 59.0 Å². The third-order valence-corrected chi connectivity index (χ3v) is 7.71. The highest BCUT2D eigenvalue weighted by molar-refractivity contribution is 6.38. The van der Waals surface area contributed by atoms with Crippen LogP contribution in [0, 0.1) is 6.92 Å². The number of carbonyl (C=O) groups excluding carboxylic acids is 3. The predicted molar refractivity (Wildman–Crippen MR) is 164 cm³/mol. The molecule has 0 aromatic heterocycles. The van der Waals surface area contributed by atoms with Crippen LogP contribution in [0.15, 0.2) is 30.3 Å². The summed E-state index contributed by atoms with van der Waals surface area (Å²) in [7, 11) is 1.26. The van der Waals surface area contributed by atoms with Crippen molar-refractivity contribution in [1.82, 2.24) is 0 Å². The molecular formula is C32H40Cl2O11. The highest BCUT2D eigenvalue weighted by Crippen LogP contribution is 2.39. The molecule has 3 N–H and O–H groups in total. The van der Waals surface area contributed by atoms with E-state index in [0.29, 0.717) is 12.0 Å². The maximum absolute atomic E-state index is 13.1. The highest BCUT2D eigenvalue weighted by Gasteiger charge is 2.47. The number of hydrogen-bond donors (Lipinski definition) is 3. The molecule has 11 nitrogen and oxygen atoms in total. The van der Waals surface area contributed by atoms with Crippen molar-refractivity contribution < 1.29 is 53.4 Å². The number of ether oxygens (including phenoxy) is 5. The number of Topliss-reactive ketones (excluding diaryl/α,β-unsaturated/α-hetero) is 1. The Balaban J connectivity index is 1.62. The Labute approximate surface area is 272 Å². The van der Waals surface area contributed by atoms with Crippen LogP contribution in [0.5, 0.6) is 5.75 Å². The number of rotatable bonds is 13. The monoisotopic (exact) mass is 670 g/mol. The van der Waals surface area contributed by atoms with Crippen LogP contribution in [-0.2, 0) is 41.6 Å². The summed E-state index contributed by atoms with van der Waals surface area (Å²) in [6, 6.07) is 8.58. The van der Waals surface area contributed by atoms with Gasteiger partial charge >= 0.3 is 11.9 Å². The van der Waals surface area contributed by atoms with Crippen molar-refractivity contribution in [3.8, 4) is 5.75 Å². The number of esters is 2. The van der Waals surface area contributed by atoms with Crippen molar-refractivity contribution in [3.63, 3.8) is 0 Å². The summed E-state index contributed by atoms with van der Waals surface area (Å²) in [5.41, 5.74) is 1.25. The fourth-order valence-electron chi connectivity index (χ4n) is 4.72. The van der Waals surface area contributed by atoms with Crippen LogP contribution in [0.3, 0.4) is 0 Å². The molecule has 1 aliphatic heterocycles. The van der Waals surface area contributed by atoms with Gasteiger partial charge in [-0.15, -0.1) is 0 Å². The van der Waals surface area contributed by atoms with Crippen LogP contribution < -0.4 is 4.74 Å². The molecule has 0 unspecified atom stereocenters. The Morgan fingerprint density at radius 2 is 1.71 bits per heavy atom. The van der Waals surface area contributed by atoms with Crippen LogP contribution in [0.2, 0.25) is 10.0 Å². The average molecular weight is 672 g/mol. The van der Waals surface area contributed by atoms with Gasteiger partial charge in [-0.2, -0.15) is 0 Å². The Kier molecular flexibility index (Phi) is 13.2. The number of aliphatic hydroxyl groups is 3. The minimum atomic E-state index is -1.60. The summed E-state index contributed by atoms with van der Waals surface area (Å²) in [6.45, 7) is 6.43. The zero-order valence-corrected chi connectivity index (χ0v) is 27.4. The fraction of sp³-hybridized carbons (Fsp3) is 0.531. The second kappa shape index (κ2) is 16.2. The maximum Gasteiger partial charge on any atom is 0.339 e. The molecule has 5 atom stereocenters. The molecule has 13 heteroatoms. The summed E-state index contributed by atoms with van der Waals surface area (Å²) in [4.78, 5) is 37.5. The van der Waals surface area contributed by atoms with E-state index in [1.807, 2.05) is 18.2 Å². The highest BCUT2D eigenvalue weighted by atomic mass is 35.5. The Bertz CT molecular complexity index is 1360. The molecule has 0 spiro atoms. The zero-order valence-electron chi connectivity index (χ0n) is 25.9. The lowest BCUT2D eigenvalue weighted by Gasteiger charge is -2.40. The Morgan fingerprint density at radius 1 is 1.02 bits per heavy atom. The van der Waals surface area contributed by atoms with Crippen LogP contribution in [-0.4, -0.2) is 83.1 Å². The van der Waals surface area contributed by atoms with Crippen molar-refractivity contribution in [3.05, 3.63) is 62.6 Å². The van der Waals surface area contributed by atoms with Gasteiger partial charge in [0.05, 0.1) is 22.2 Å². The van der Waals surface area contributed by atoms with Crippen LogP contribution in [0.4, 0.5) is 0 Å². The predicted octanol–water partition coefficient (Wildman–Crippen LogP) is 4.12. The summed E-state index contributed by atoms with van der Waals surface area (Å²) >= 11 is 13.0. The molecule has 0 radical (unpaired) electrons. The first-order valence-corrected chi connectivity index (χ1v) is 15.2. The normalized spacial score (nSPS) is 21.7. The van der Waals surface area contributed by atoms with Crippen molar-refractivity contribution in [2.45, 2.75) is 96.3 Å². The minimum Gasteiger partial charge on any atom is -0.486 e. The zero-order chi connectivity index (χ0) is 33.5. The molecule has 0 aliphatic carbocycles. The third-order valence-electron chi connectivity index (χ3n) is 6.97. The van der Waals surface area contributed by atoms with Gasteiger partial charge in [-0.3, -0.25) is 9.59 Å². The lowest BCUT2D eigenvalue weighted by Crippen LogP contribution is -2.60. The summed E-state index contributed by atoms with van der Waals surface area (Å²) in [6.07, 6.45) is -5.87. The molecular weight excluding hydrogens is 631 g/mol. The van der Waals surface area contributed by atoms with Gasteiger partial charge in [0.15, 0.2) is 18.1 Å². The van der Waals surface area contributed by atoms with Gasteiger partial charge in [-0.1, -0.05) is 47.5 Å². The van der Waals surface area contributed by atoms with Crippen LogP contribution in [0.1, 0.15) is 67.1 Å². The van der Waals surface area contributed by atoms with Crippen LogP contribution >= 0.6 is 23.2 Å². The van der Waals surface area contributed by atoms with Gasteiger partial charge in [-0.05, 0) is 56.9 Å². The number of hydrogen-bond acceptors (Lipinski definition) is 11. The third kappa shape index (κ3) is 10.1. The second-order valence-corrected chi connectivity index (χ2v) is 12.5. The SMILES string of the molecule is CO[C@H]1O[C@H](CO)[C@@H](O)[C@H](O)[C@H]1OC(=O)c1cc(Cl)c(OCc2cccc(CC(=O)CCCC(=O)OC(C)(C)C)c2)c(Cl)c1C. The van der Waals surface area contributed by atoms with Gasteiger partial charge in [0.2, 0.25) is 0 Å². The second-order valence-electron chi connectivity index (χ2n) is 11.8. The van der Waals surface area contributed by atoms with E-state index in [1.54, 1.807) is 33.8 Å². The number of ketones is 1. The van der Waals surface area contributed by atoms with Gasteiger partial charge in [0.1, 0.15) is 36.3 Å². The number of methoxy groups -OCH3 is 1. The molecule has 248 valence electrons. The molecule has 1 saturated heterocycles. The molecule has 2 aromatic rings. The van der Waals surface area contributed by atoms with Crippen LogP contribution in [0.25, 0.3) is 0 Å². The first-order valence-electron chi connectivity index (χ1n) is 14.4. The summed E-state index contributed by atoms with van der Waals surface area (Å²) < 4.78 is 27.1. The molecule has 45 heavy (non-hydrogen) atoms. The fourth-order valence-corrected chi connectivity index (χ4v) is 5.28. The standard InChI is InChI=1S/C32H40Cl2O11/c1-17-21(30(40)44-29-27(39)26(38)23(15-35)43-31(29)41-5)14-22(33)28(25(17)34)42-16-19-9-6-8-18(12-19)13-20(36)10-7-11-24(37)45-32(2,3)4/h6,8-9,12,14,23,26-27,29,31,35,38-39H,7,10-11,13,15-16H2,1-5H3/t23-,26-,27+,29-,31+/m1/s1.